The van der Waals surface area contributed by atoms with E-state index in [9.17, 15) is 4.79 Å². The first kappa shape index (κ1) is 21.0. The largest absolute Gasteiger partial charge is 0.468 e. The molecule has 1 aliphatic rings. The Bertz CT molecular complexity index is 726. The van der Waals surface area contributed by atoms with Crippen LogP contribution in [0.2, 0.25) is 0 Å². The predicted octanol–water partition coefficient (Wildman–Crippen LogP) is 4.36. The van der Waals surface area contributed by atoms with Gasteiger partial charge in [0.2, 0.25) is 0 Å². The minimum Gasteiger partial charge on any atom is -0.468 e. The molecular weight excluding hydrogens is 370 g/mol. The molecule has 0 aliphatic carbocycles. The molecule has 7 heteroatoms. The van der Waals surface area contributed by atoms with Crippen LogP contribution >= 0.6 is 23.5 Å². The zero-order valence-corrected chi connectivity index (χ0v) is 17.6. The van der Waals surface area contributed by atoms with Crippen molar-refractivity contribution in [2.45, 2.75) is 43.4 Å². The summed E-state index contributed by atoms with van der Waals surface area (Å²) < 4.78 is 16.6. The number of hydrogen-bond donors (Lipinski definition) is 0. The van der Waals surface area contributed by atoms with Gasteiger partial charge in [-0.05, 0) is 38.0 Å². The highest BCUT2D eigenvalue weighted by Gasteiger charge is 2.34. The highest BCUT2D eigenvalue weighted by Crippen LogP contribution is 2.44. The maximum absolute atomic E-state index is 12.4. The number of carbonyl (C=O) groups is 1. The number of rotatable bonds is 6. The van der Waals surface area contributed by atoms with E-state index in [1.807, 2.05) is 39.0 Å². The Hall–Kier alpha value is -1.28. The molecule has 142 valence electrons. The molecule has 1 unspecified atom stereocenters. The Kier molecular flexibility index (Phi) is 6.96. The Morgan fingerprint density at radius 3 is 2.42 bits per heavy atom. The third-order valence-electron chi connectivity index (χ3n) is 4.31. The van der Waals surface area contributed by atoms with Gasteiger partial charge in [-0.2, -0.15) is 0 Å². The summed E-state index contributed by atoms with van der Waals surface area (Å²) in [4.78, 5) is 19.2. The Morgan fingerprint density at radius 1 is 1.27 bits per heavy atom. The summed E-state index contributed by atoms with van der Waals surface area (Å²) >= 11 is 3.17. The van der Waals surface area contributed by atoms with Crippen molar-refractivity contribution in [2.24, 2.45) is 4.99 Å². The van der Waals surface area contributed by atoms with Crippen molar-refractivity contribution >= 4 is 33.9 Å². The first-order valence-corrected chi connectivity index (χ1v) is 9.76. The molecule has 5 nitrogen and oxygen atoms in total. The Labute approximate surface area is 163 Å². The van der Waals surface area contributed by atoms with Gasteiger partial charge in [-0.15, -0.1) is 0 Å². The fourth-order valence-corrected chi connectivity index (χ4v) is 5.04. The second-order valence-corrected chi connectivity index (χ2v) is 8.75. The molecule has 0 amide bonds. The summed E-state index contributed by atoms with van der Waals surface area (Å²) in [5.74, 6) is -1.06. The number of carbonyl (C=O) groups excluding carboxylic acids is 1. The lowest BCUT2D eigenvalue weighted by Gasteiger charge is -2.25. The third-order valence-corrected chi connectivity index (χ3v) is 6.75. The summed E-state index contributed by atoms with van der Waals surface area (Å²) in [6, 6.07) is 5.84. The first-order valence-electron chi connectivity index (χ1n) is 8.13. The van der Waals surface area contributed by atoms with Crippen LogP contribution in [0.15, 0.2) is 39.6 Å². The number of thioether (sulfide) groups is 2. The number of ether oxygens (including phenoxy) is 3. The molecule has 0 saturated carbocycles. The second kappa shape index (κ2) is 8.61. The monoisotopic (exact) mass is 395 g/mol. The number of methoxy groups -OCH3 is 3. The van der Waals surface area contributed by atoms with Crippen LogP contribution < -0.4 is 0 Å². The van der Waals surface area contributed by atoms with Crippen molar-refractivity contribution < 1.29 is 19.0 Å². The van der Waals surface area contributed by atoms with E-state index in [0.29, 0.717) is 0 Å². The van der Waals surface area contributed by atoms with Gasteiger partial charge < -0.3 is 14.2 Å². The molecule has 26 heavy (non-hydrogen) atoms. The van der Waals surface area contributed by atoms with E-state index < -0.39 is 18.2 Å². The lowest BCUT2D eigenvalue weighted by Crippen LogP contribution is -2.31. The zero-order valence-electron chi connectivity index (χ0n) is 16.0. The van der Waals surface area contributed by atoms with Crippen molar-refractivity contribution in [3.8, 4) is 0 Å². The van der Waals surface area contributed by atoms with Crippen LogP contribution in [0, 0.1) is 6.92 Å². The van der Waals surface area contributed by atoms with E-state index in [2.05, 4.69) is 6.58 Å². The van der Waals surface area contributed by atoms with Gasteiger partial charge in [0.15, 0.2) is 6.29 Å². The van der Waals surface area contributed by atoms with E-state index in [-0.39, 0.29) is 5.54 Å². The Balaban J connectivity index is 2.38. The number of aliphatic imine (C=N–C) groups is 1. The molecule has 0 N–H and O–H groups in total. The normalized spacial score (nSPS) is 17.3. The summed E-state index contributed by atoms with van der Waals surface area (Å²) in [5.41, 5.74) is 1.53. The smallest absolute Gasteiger partial charge is 0.318 e. The molecule has 2 rings (SSSR count). The van der Waals surface area contributed by atoms with Crippen LogP contribution in [0.3, 0.4) is 0 Å². The molecule has 0 fully saturated rings. The molecule has 0 aromatic heterocycles. The summed E-state index contributed by atoms with van der Waals surface area (Å²) in [5, 5.41) is 0. The minimum atomic E-state index is -0.724. The van der Waals surface area contributed by atoms with Gasteiger partial charge >= 0.3 is 5.97 Å². The zero-order chi connectivity index (χ0) is 19.5. The number of nitrogens with zero attached hydrogens (tertiary/aromatic N) is 1. The standard InChI is InChI=1S/C19H25NO4S2/c1-11-13(15(16(21)22-5)17(23-6)24-7)9-8-10-14(11)26-18-20-19(3,4)12(2)25-18/h8-10,15,17H,2H2,1,3-7H3. The highest BCUT2D eigenvalue weighted by atomic mass is 32.2. The number of hydrogen-bond acceptors (Lipinski definition) is 7. The molecule has 1 aromatic carbocycles. The number of benzene rings is 1. The SMILES string of the molecule is C=C1SC(Sc2cccc(C(C(=O)OC)C(OC)OC)c2C)=NC1(C)C. The maximum atomic E-state index is 12.4. The average molecular weight is 396 g/mol. The van der Waals surface area contributed by atoms with Crippen LogP contribution in [-0.2, 0) is 19.0 Å². The maximum Gasteiger partial charge on any atom is 0.318 e. The molecule has 1 atom stereocenters. The van der Waals surface area contributed by atoms with Crippen LogP contribution in [0.4, 0.5) is 0 Å². The second-order valence-electron chi connectivity index (χ2n) is 6.38. The van der Waals surface area contributed by atoms with Crippen molar-refractivity contribution in [1.29, 1.82) is 0 Å². The van der Waals surface area contributed by atoms with Crippen LogP contribution in [0.1, 0.15) is 30.9 Å². The van der Waals surface area contributed by atoms with Crippen LogP contribution in [-0.4, -0.2) is 43.5 Å². The molecule has 0 radical (unpaired) electrons. The molecule has 1 aliphatic heterocycles. The van der Waals surface area contributed by atoms with Gasteiger partial charge in [0, 0.05) is 24.0 Å². The topological polar surface area (TPSA) is 57.1 Å². The van der Waals surface area contributed by atoms with E-state index in [0.717, 1.165) is 25.3 Å². The van der Waals surface area contributed by atoms with Gasteiger partial charge in [-0.3, -0.25) is 9.79 Å². The average Bonchev–Trinajstić information content (AvgIpc) is 2.86. The van der Waals surface area contributed by atoms with Crippen LogP contribution in [0.25, 0.3) is 0 Å². The van der Waals surface area contributed by atoms with Crippen molar-refractivity contribution in [3.63, 3.8) is 0 Å². The van der Waals surface area contributed by atoms with E-state index >= 15 is 0 Å². The first-order chi connectivity index (χ1) is 12.2. The molecule has 0 saturated heterocycles. The number of esters is 1. The van der Waals surface area contributed by atoms with Crippen molar-refractivity contribution in [3.05, 3.63) is 40.8 Å². The molecule has 0 spiro atoms. The Morgan fingerprint density at radius 2 is 1.92 bits per heavy atom. The van der Waals surface area contributed by atoms with Crippen LogP contribution in [0.5, 0.6) is 0 Å². The summed E-state index contributed by atoms with van der Waals surface area (Å²) in [6.45, 7) is 10.2. The van der Waals surface area contributed by atoms with Gasteiger partial charge in [0.05, 0.1) is 12.6 Å². The third kappa shape index (κ3) is 4.34. The van der Waals surface area contributed by atoms with Gasteiger partial charge in [0.1, 0.15) is 10.3 Å². The fraction of sp³-hybridized carbons (Fsp3) is 0.474. The summed E-state index contributed by atoms with van der Waals surface area (Å²) in [7, 11) is 4.38. The highest BCUT2D eigenvalue weighted by molar-refractivity contribution is 8.40. The van der Waals surface area contributed by atoms with Crippen molar-refractivity contribution in [1.82, 2.24) is 0 Å². The molecular formula is C19H25NO4S2. The molecule has 1 heterocycles. The fourth-order valence-electron chi connectivity index (χ4n) is 2.64. The summed E-state index contributed by atoms with van der Waals surface area (Å²) in [6.07, 6.45) is -0.724. The van der Waals surface area contributed by atoms with Gasteiger partial charge in [-0.25, -0.2) is 0 Å². The van der Waals surface area contributed by atoms with Gasteiger partial charge in [-0.1, -0.05) is 42.2 Å². The lowest BCUT2D eigenvalue weighted by atomic mass is 9.94. The van der Waals surface area contributed by atoms with E-state index in [1.54, 1.807) is 23.5 Å². The molecule has 0 bridgehead atoms. The molecule has 1 aromatic rings. The quantitative estimate of drug-likeness (QED) is 0.527. The van der Waals surface area contributed by atoms with E-state index in [4.69, 9.17) is 19.2 Å². The predicted molar refractivity (Wildman–Crippen MR) is 108 cm³/mol. The van der Waals surface area contributed by atoms with Gasteiger partial charge in [0.25, 0.3) is 0 Å². The lowest BCUT2D eigenvalue weighted by molar-refractivity contribution is -0.163. The van der Waals surface area contributed by atoms with Crippen molar-refractivity contribution in [2.75, 3.05) is 21.3 Å². The minimum absolute atomic E-state index is 0.260. The van der Waals surface area contributed by atoms with E-state index in [1.165, 1.54) is 21.3 Å².